The fourth-order valence-electron chi connectivity index (χ4n) is 6.18. The van der Waals surface area contributed by atoms with Gasteiger partial charge in [-0.25, -0.2) is 17.2 Å². The van der Waals surface area contributed by atoms with Gasteiger partial charge in [0.05, 0.1) is 33.4 Å². The molecule has 3 aliphatic heterocycles. The van der Waals surface area contributed by atoms with E-state index in [0.717, 1.165) is 61.3 Å². The van der Waals surface area contributed by atoms with Crippen LogP contribution in [0.15, 0.2) is 41.3 Å². The number of carbonyl (C=O) groups is 2. The molecule has 2 aromatic carbocycles. The van der Waals surface area contributed by atoms with Gasteiger partial charge in [-0.2, -0.15) is 9.40 Å². The lowest BCUT2D eigenvalue weighted by Gasteiger charge is -2.34. The molecule has 3 aromatic rings. The molecule has 45 heavy (non-hydrogen) atoms. The Bertz CT molecular complexity index is 1730. The van der Waals surface area contributed by atoms with Crippen LogP contribution in [-0.2, 0) is 26.9 Å². The van der Waals surface area contributed by atoms with E-state index in [-0.39, 0.29) is 29.9 Å². The first-order valence-electron chi connectivity index (χ1n) is 14.8. The summed E-state index contributed by atoms with van der Waals surface area (Å²) in [5, 5.41) is 16.0. The van der Waals surface area contributed by atoms with Crippen molar-refractivity contribution in [3.05, 3.63) is 64.9 Å². The molecule has 2 fully saturated rings. The smallest absolute Gasteiger partial charge is 0.258 e. The van der Waals surface area contributed by atoms with E-state index in [1.807, 2.05) is 6.07 Å². The number of H-pyrrole nitrogens is 1. The molecule has 15 heteroatoms. The molecule has 0 spiro atoms. The third-order valence-corrected chi connectivity index (χ3v) is 10.8. The summed E-state index contributed by atoms with van der Waals surface area (Å²) in [6.45, 7) is 7.19. The van der Waals surface area contributed by atoms with Gasteiger partial charge >= 0.3 is 0 Å². The maximum Gasteiger partial charge on any atom is 0.258 e. The number of halogens is 2. The molecule has 0 bridgehead atoms. The van der Waals surface area contributed by atoms with Gasteiger partial charge in [0.2, 0.25) is 15.9 Å². The number of rotatable bonds is 7. The molecule has 1 atom stereocenters. The van der Waals surface area contributed by atoms with E-state index in [0.29, 0.717) is 29.4 Å². The minimum absolute atomic E-state index is 0.115. The number of benzene rings is 2. The molecule has 0 radical (unpaired) electrons. The molecule has 240 valence electrons. The second kappa shape index (κ2) is 11.8. The molecule has 1 aromatic heterocycles. The maximum atomic E-state index is 13.9. The van der Waals surface area contributed by atoms with E-state index >= 15 is 0 Å². The molecule has 2 amide bonds. The SMILES string of the molecule is CN1CCN(c2ccc(C(=O)Nc3n[nH]c4c3CN(S(=O)(=O)c3cc(F)cc(F)c3)C4(C)C)c(NC(=O)[C@@H]3CCCN3)c2)CC1. The molecule has 0 saturated carbocycles. The van der Waals surface area contributed by atoms with Crippen molar-refractivity contribution in [2.45, 2.75) is 49.7 Å². The zero-order chi connectivity index (χ0) is 32.1. The Hall–Kier alpha value is -3.92. The molecular formula is C30H36F2N8O4S. The first-order valence-corrected chi connectivity index (χ1v) is 16.3. The number of likely N-dealkylation sites (N-methyl/N-ethyl adjacent to an activating group) is 1. The van der Waals surface area contributed by atoms with Gasteiger partial charge in [-0.05, 0) is 70.6 Å². The van der Waals surface area contributed by atoms with Crippen molar-refractivity contribution in [1.82, 2.24) is 24.7 Å². The topological polar surface area (TPSA) is 143 Å². The summed E-state index contributed by atoms with van der Waals surface area (Å²) in [5.74, 6) is -2.68. The summed E-state index contributed by atoms with van der Waals surface area (Å²) in [7, 11) is -2.28. The number of hydrogen-bond donors (Lipinski definition) is 4. The highest BCUT2D eigenvalue weighted by molar-refractivity contribution is 7.89. The summed E-state index contributed by atoms with van der Waals surface area (Å²) in [5.41, 5.74) is 1.13. The van der Waals surface area contributed by atoms with Crippen LogP contribution in [0.25, 0.3) is 0 Å². The van der Waals surface area contributed by atoms with E-state index < -0.39 is 38.0 Å². The van der Waals surface area contributed by atoms with E-state index in [9.17, 15) is 26.8 Å². The highest BCUT2D eigenvalue weighted by Crippen LogP contribution is 2.44. The van der Waals surface area contributed by atoms with Gasteiger partial charge in [0, 0.05) is 50.0 Å². The van der Waals surface area contributed by atoms with Gasteiger partial charge in [-0.15, -0.1) is 0 Å². The summed E-state index contributed by atoms with van der Waals surface area (Å²) < 4.78 is 56.0. The van der Waals surface area contributed by atoms with E-state index in [2.05, 4.69) is 43.0 Å². The number of hydrogen-bond acceptors (Lipinski definition) is 8. The number of anilines is 3. The van der Waals surface area contributed by atoms with Crippen LogP contribution in [0.5, 0.6) is 0 Å². The largest absolute Gasteiger partial charge is 0.369 e. The van der Waals surface area contributed by atoms with Crippen molar-refractivity contribution in [3.8, 4) is 0 Å². The van der Waals surface area contributed by atoms with Crippen molar-refractivity contribution in [2.75, 3.05) is 55.3 Å². The summed E-state index contributed by atoms with van der Waals surface area (Å²) in [6, 6.07) is 7.09. The van der Waals surface area contributed by atoms with Gasteiger partial charge in [0.1, 0.15) is 11.6 Å². The number of aromatic amines is 1. The summed E-state index contributed by atoms with van der Waals surface area (Å²) in [4.78, 5) is 30.8. The summed E-state index contributed by atoms with van der Waals surface area (Å²) >= 11 is 0. The van der Waals surface area contributed by atoms with Crippen LogP contribution >= 0.6 is 0 Å². The number of aromatic nitrogens is 2. The number of amides is 2. The Labute approximate surface area is 260 Å². The number of fused-ring (bicyclic) bond motifs is 1. The predicted molar refractivity (Wildman–Crippen MR) is 164 cm³/mol. The fraction of sp³-hybridized carbons (Fsp3) is 0.433. The molecule has 4 N–H and O–H groups in total. The molecule has 0 unspecified atom stereocenters. The summed E-state index contributed by atoms with van der Waals surface area (Å²) in [6.07, 6.45) is 1.58. The number of carbonyl (C=O) groups excluding carboxylic acids is 2. The lowest BCUT2D eigenvalue weighted by molar-refractivity contribution is -0.117. The Morgan fingerprint density at radius 2 is 1.73 bits per heavy atom. The Morgan fingerprint density at radius 3 is 2.40 bits per heavy atom. The van der Waals surface area contributed by atoms with Crippen LogP contribution in [0.4, 0.5) is 26.0 Å². The van der Waals surface area contributed by atoms with Crippen LogP contribution < -0.4 is 20.9 Å². The average molecular weight is 643 g/mol. The van der Waals surface area contributed by atoms with Crippen molar-refractivity contribution in [1.29, 1.82) is 0 Å². The fourth-order valence-corrected chi connectivity index (χ4v) is 7.95. The second-order valence-corrected chi connectivity index (χ2v) is 14.1. The number of nitrogens with one attached hydrogen (secondary N) is 4. The van der Waals surface area contributed by atoms with Gasteiger partial charge in [0.25, 0.3) is 5.91 Å². The highest BCUT2D eigenvalue weighted by atomic mass is 32.2. The van der Waals surface area contributed by atoms with Crippen LogP contribution in [0.1, 0.15) is 48.3 Å². The van der Waals surface area contributed by atoms with Crippen molar-refractivity contribution in [2.24, 2.45) is 0 Å². The molecule has 6 rings (SSSR count). The highest BCUT2D eigenvalue weighted by Gasteiger charge is 2.48. The molecule has 2 saturated heterocycles. The molecule has 3 aliphatic rings. The van der Waals surface area contributed by atoms with Gasteiger partial charge < -0.3 is 25.8 Å². The third kappa shape index (κ3) is 5.92. The van der Waals surface area contributed by atoms with Gasteiger partial charge in [0.15, 0.2) is 5.82 Å². The van der Waals surface area contributed by atoms with E-state index in [4.69, 9.17) is 0 Å². The monoisotopic (exact) mass is 642 g/mol. The normalized spacial score (nSPS) is 20.3. The number of sulfonamides is 1. The predicted octanol–water partition coefficient (Wildman–Crippen LogP) is 2.82. The molecular weight excluding hydrogens is 606 g/mol. The molecule has 4 heterocycles. The lowest BCUT2D eigenvalue weighted by atomic mass is 10.0. The standard InChI is InChI=1S/C30H36F2N8O4S/c1-30(2)26-23(17-40(30)45(43,44)21-14-18(31)13-19(32)15-21)27(37-36-26)35-28(41)22-7-6-20(39-11-9-38(3)10-12-39)16-25(22)34-29(42)24-5-4-8-33-24/h6-7,13-16,24,33H,4-5,8-12,17H2,1-3H3,(H,34,42)(H2,35,36,37,41)/t24-/m0/s1. The first kappa shape index (κ1) is 31.1. The average Bonchev–Trinajstić information content (AvgIpc) is 3.72. The van der Waals surface area contributed by atoms with Crippen molar-refractivity contribution < 1.29 is 26.8 Å². The number of piperazine rings is 1. The zero-order valence-electron chi connectivity index (χ0n) is 25.3. The van der Waals surface area contributed by atoms with Gasteiger partial charge in [-0.1, -0.05) is 0 Å². The van der Waals surface area contributed by atoms with Crippen LogP contribution in [0.3, 0.4) is 0 Å². The zero-order valence-corrected chi connectivity index (χ0v) is 26.1. The Balaban J connectivity index is 1.27. The Morgan fingerprint density at radius 1 is 1.02 bits per heavy atom. The minimum Gasteiger partial charge on any atom is -0.369 e. The first-order chi connectivity index (χ1) is 21.3. The lowest BCUT2D eigenvalue weighted by Crippen LogP contribution is -2.44. The van der Waals surface area contributed by atoms with E-state index in [1.165, 1.54) is 0 Å². The van der Waals surface area contributed by atoms with E-state index in [1.54, 1.807) is 26.0 Å². The van der Waals surface area contributed by atoms with Gasteiger partial charge in [-0.3, -0.25) is 14.7 Å². The quantitative estimate of drug-likeness (QED) is 0.308. The maximum absolute atomic E-state index is 13.9. The van der Waals surface area contributed by atoms with Crippen LogP contribution in [0.2, 0.25) is 0 Å². The van der Waals surface area contributed by atoms with Crippen molar-refractivity contribution >= 4 is 39.0 Å². The molecule has 0 aliphatic carbocycles. The van der Waals surface area contributed by atoms with Crippen molar-refractivity contribution in [3.63, 3.8) is 0 Å². The number of nitrogens with zero attached hydrogens (tertiary/aromatic N) is 4. The molecule has 12 nitrogen and oxygen atoms in total. The van der Waals surface area contributed by atoms with Crippen LogP contribution in [-0.4, -0.2) is 85.4 Å². The Kier molecular flexibility index (Phi) is 8.14. The third-order valence-electron chi connectivity index (χ3n) is 8.81. The van der Waals surface area contributed by atoms with Crippen LogP contribution in [0, 0.1) is 11.6 Å². The second-order valence-electron chi connectivity index (χ2n) is 12.2. The minimum atomic E-state index is -4.34.